The van der Waals surface area contributed by atoms with Gasteiger partial charge in [-0.15, -0.1) is 16.9 Å². The van der Waals surface area contributed by atoms with Crippen molar-refractivity contribution in [3.8, 4) is 5.75 Å². The number of fused-ring (bicyclic) bond motifs is 1. The fourth-order valence-corrected chi connectivity index (χ4v) is 5.57. The molecule has 4 aromatic rings. The molecule has 194 valence electrons. The Morgan fingerprint density at radius 3 is 2.55 bits per heavy atom. The van der Waals surface area contributed by atoms with Gasteiger partial charge in [0.2, 0.25) is 11.1 Å². The molecule has 1 aliphatic heterocycles. The van der Waals surface area contributed by atoms with Crippen LogP contribution in [0.4, 0.5) is 11.6 Å². The highest BCUT2D eigenvalue weighted by Gasteiger charge is 2.34. The minimum atomic E-state index is -0.464. The lowest BCUT2D eigenvalue weighted by molar-refractivity contribution is -0.113. The number of carbonyl (C=O) groups excluding carboxylic acids is 1. The van der Waals surface area contributed by atoms with Crippen LogP contribution >= 0.6 is 35.1 Å². The Hall–Kier alpha value is -3.40. The molecule has 1 amide bonds. The van der Waals surface area contributed by atoms with Crippen molar-refractivity contribution in [2.75, 3.05) is 24.0 Å². The molecule has 0 spiro atoms. The van der Waals surface area contributed by atoms with Gasteiger partial charge in [0.1, 0.15) is 11.8 Å². The first-order chi connectivity index (χ1) is 18.5. The van der Waals surface area contributed by atoms with Crippen molar-refractivity contribution in [1.82, 2.24) is 14.8 Å². The number of thioether (sulfide) groups is 2. The number of anilines is 2. The molecule has 1 aliphatic rings. The monoisotopic (exact) mass is 563 g/mol. The number of amides is 1. The Morgan fingerprint density at radius 1 is 1.11 bits per heavy atom. The first-order valence-electron chi connectivity index (χ1n) is 11.9. The third kappa shape index (κ3) is 5.55. The lowest BCUT2D eigenvalue weighted by Gasteiger charge is -2.29. The van der Waals surface area contributed by atoms with Crippen molar-refractivity contribution in [2.24, 2.45) is 0 Å². The van der Waals surface area contributed by atoms with Crippen LogP contribution in [0.3, 0.4) is 0 Å². The van der Waals surface area contributed by atoms with Crippen molar-refractivity contribution >= 4 is 52.7 Å². The Morgan fingerprint density at radius 2 is 1.84 bits per heavy atom. The van der Waals surface area contributed by atoms with Gasteiger partial charge < -0.3 is 15.4 Å². The molecule has 2 heterocycles. The van der Waals surface area contributed by atoms with E-state index in [0.717, 1.165) is 16.0 Å². The summed E-state index contributed by atoms with van der Waals surface area (Å²) in [5.41, 5.74) is 3.93. The van der Waals surface area contributed by atoms with Crippen molar-refractivity contribution in [3.63, 3.8) is 0 Å². The van der Waals surface area contributed by atoms with Crippen LogP contribution in [0.2, 0.25) is 5.02 Å². The number of rotatable bonds is 8. The number of nitrogens with zero attached hydrogens (tertiary/aromatic N) is 3. The first-order valence-corrected chi connectivity index (χ1v) is 14.5. The largest absolute Gasteiger partial charge is 0.495 e. The number of halogens is 1. The molecule has 1 aromatic heterocycles. The fourth-order valence-electron chi connectivity index (χ4n) is 4.25. The molecule has 0 bridgehead atoms. The maximum atomic E-state index is 13.8. The molecule has 10 heteroatoms. The quantitative estimate of drug-likeness (QED) is 0.226. The van der Waals surface area contributed by atoms with Crippen LogP contribution in [-0.4, -0.2) is 34.0 Å². The normalized spacial score (nSPS) is 14.6. The van der Waals surface area contributed by atoms with Gasteiger partial charge in [-0.1, -0.05) is 59.8 Å². The smallest absolute Gasteiger partial charge is 0.255 e. The van der Waals surface area contributed by atoms with Crippen molar-refractivity contribution in [1.29, 1.82) is 0 Å². The summed E-state index contributed by atoms with van der Waals surface area (Å²) in [5.74, 6) is 1.64. The van der Waals surface area contributed by atoms with E-state index in [2.05, 4.69) is 22.8 Å². The van der Waals surface area contributed by atoms with Crippen LogP contribution in [0.1, 0.15) is 24.1 Å². The fraction of sp³-hybridized carbons (Fsp3) is 0.179. The zero-order valence-corrected chi connectivity index (χ0v) is 23.5. The maximum Gasteiger partial charge on any atom is 0.255 e. The summed E-state index contributed by atoms with van der Waals surface area (Å²) in [6, 6.07) is 22.8. The topological polar surface area (TPSA) is 81.1 Å². The Balaban J connectivity index is 1.49. The van der Waals surface area contributed by atoms with Gasteiger partial charge in [0, 0.05) is 21.4 Å². The van der Waals surface area contributed by atoms with E-state index in [1.165, 1.54) is 11.8 Å². The number of aromatic nitrogens is 3. The summed E-state index contributed by atoms with van der Waals surface area (Å²) in [6.45, 7) is 1.89. The van der Waals surface area contributed by atoms with E-state index in [1.807, 2.05) is 73.8 Å². The van der Waals surface area contributed by atoms with Crippen molar-refractivity contribution in [3.05, 3.63) is 100 Å². The van der Waals surface area contributed by atoms with Gasteiger partial charge in [-0.25, -0.2) is 4.68 Å². The number of ether oxygens (including phenoxy) is 1. The number of methoxy groups -OCH3 is 1. The second-order valence-corrected chi connectivity index (χ2v) is 10.8. The molecule has 2 N–H and O–H groups in total. The number of benzene rings is 3. The summed E-state index contributed by atoms with van der Waals surface area (Å²) >= 11 is 9.22. The highest BCUT2D eigenvalue weighted by atomic mass is 35.5. The van der Waals surface area contributed by atoms with Gasteiger partial charge >= 0.3 is 0 Å². The van der Waals surface area contributed by atoms with E-state index >= 15 is 0 Å². The number of hydrogen-bond acceptors (Lipinski definition) is 7. The second kappa shape index (κ2) is 11.6. The van der Waals surface area contributed by atoms with Crippen molar-refractivity contribution < 1.29 is 9.53 Å². The zero-order chi connectivity index (χ0) is 26.6. The van der Waals surface area contributed by atoms with E-state index in [1.54, 1.807) is 23.6 Å². The van der Waals surface area contributed by atoms with Crippen LogP contribution in [-0.2, 0) is 10.5 Å². The molecule has 3 aromatic carbocycles. The molecular weight excluding hydrogens is 538 g/mol. The Kier molecular flexibility index (Phi) is 7.97. The van der Waals surface area contributed by atoms with Gasteiger partial charge in [0.25, 0.3) is 5.91 Å². The minimum absolute atomic E-state index is 0.241. The predicted molar refractivity (Wildman–Crippen MR) is 155 cm³/mol. The summed E-state index contributed by atoms with van der Waals surface area (Å²) in [6.07, 6.45) is 2.04. The standard InChI is InChI=1S/C28H26ClN5O2S2/c1-17-24(26(35)31-22-6-4-5-7-23(22)36-2)25(19-10-14-21(37-3)15-11-19)34-27(30-17)32-28(33-34)38-16-18-8-12-20(29)13-9-18/h4-15,25H,16H2,1-3H3,(H,31,35)(H,30,32,33)/t25-/m1/s1. The average Bonchev–Trinajstić information content (AvgIpc) is 3.34. The van der Waals surface area contributed by atoms with Crippen LogP contribution < -0.4 is 15.4 Å². The number of allylic oxidation sites excluding steroid dienone is 1. The highest BCUT2D eigenvalue weighted by Crippen LogP contribution is 2.38. The highest BCUT2D eigenvalue weighted by molar-refractivity contribution is 7.98. The van der Waals surface area contributed by atoms with Crippen LogP contribution in [0.15, 0.2) is 94.1 Å². The van der Waals surface area contributed by atoms with Crippen LogP contribution in [0.5, 0.6) is 5.75 Å². The summed E-state index contributed by atoms with van der Waals surface area (Å²) in [5, 5.41) is 12.5. The van der Waals surface area contributed by atoms with E-state index in [4.69, 9.17) is 26.4 Å². The van der Waals surface area contributed by atoms with E-state index in [-0.39, 0.29) is 5.91 Å². The number of hydrogen-bond donors (Lipinski definition) is 2. The van der Waals surface area contributed by atoms with E-state index in [9.17, 15) is 4.79 Å². The van der Waals surface area contributed by atoms with Gasteiger partial charge in [-0.05, 0) is 60.7 Å². The molecule has 38 heavy (non-hydrogen) atoms. The van der Waals surface area contributed by atoms with Gasteiger partial charge in [-0.3, -0.25) is 4.79 Å². The lowest BCUT2D eigenvalue weighted by atomic mass is 9.95. The molecule has 5 rings (SSSR count). The van der Waals surface area contributed by atoms with Gasteiger partial charge in [0.05, 0.1) is 18.4 Å². The lowest BCUT2D eigenvalue weighted by Crippen LogP contribution is -2.31. The molecule has 1 atom stereocenters. The molecule has 7 nitrogen and oxygen atoms in total. The minimum Gasteiger partial charge on any atom is -0.495 e. The summed E-state index contributed by atoms with van der Waals surface area (Å²) in [7, 11) is 1.58. The third-order valence-corrected chi connectivity index (χ3v) is 8.05. The van der Waals surface area contributed by atoms with E-state index in [0.29, 0.717) is 44.6 Å². The third-order valence-electron chi connectivity index (χ3n) is 6.15. The molecule has 0 unspecified atom stereocenters. The molecule has 0 saturated carbocycles. The Labute approximate surface area is 235 Å². The van der Waals surface area contributed by atoms with Gasteiger partial charge in [0.15, 0.2) is 0 Å². The van der Waals surface area contributed by atoms with E-state index < -0.39 is 6.04 Å². The molecular formula is C28H26ClN5O2S2. The SMILES string of the molecule is COc1ccccc1NC(=O)C1=C(C)Nc2nc(SCc3ccc(Cl)cc3)nn2[C@@H]1c1ccc(SC)cc1. The second-order valence-electron chi connectivity index (χ2n) is 8.57. The maximum absolute atomic E-state index is 13.8. The van der Waals surface area contributed by atoms with Gasteiger partial charge in [-0.2, -0.15) is 4.98 Å². The molecule has 0 aliphatic carbocycles. The summed E-state index contributed by atoms with van der Waals surface area (Å²) in [4.78, 5) is 19.6. The predicted octanol–water partition coefficient (Wildman–Crippen LogP) is 6.88. The Bertz CT molecular complexity index is 1490. The molecule has 0 saturated heterocycles. The van der Waals surface area contributed by atoms with Crippen LogP contribution in [0.25, 0.3) is 0 Å². The molecule has 0 radical (unpaired) electrons. The number of carbonyl (C=O) groups is 1. The average molecular weight is 564 g/mol. The summed E-state index contributed by atoms with van der Waals surface area (Å²) < 4.78 is 7.23. The van der Waals surface area contributed by atoms with Crippen LogP contribution in [0, 0.1) is 0 Å². The molecule has 0 fully saturated rings. The zero-order valence-electron chi connectivity index (χ0n) is 21.1. The first kappa shape index (κ1) is 26.2. The number of nitrogens with one attached hydrogen (secondary N) is 2. The van der Waals surface area contributed by atoms with Crippen molar-refractivity contribution in [2.45, 2.75) is 28.8 Å². The number of para-hydroxylation sites is 2.